The summed E-state index contributed by atoms with van der Waals surface area (Å²) < 4.78 is 55.3. The third-order valence-electron chi connectivity index (χ3n) is 5.94. The number of nitrogen functional groups attached to an aromatic ring is 1. The predicted octanol–water partition coefficient (Wildman–Crippen LogP) is 2.98. The van der Waals surface area contributed by atoms with E-state index < -0.39 is 30.4 Å². The minimum Gasteiger partial charge on any atom is -0.415 e. The number of rotatable bonds is 4. The molecule has 0 aliphatic carbocycles. The third kappa shape index (κ3) is 3.88. The summed E-state index contributed by atoms with van der Waals surface area (Å²) in [5, 5.41) is 8.16. The van der Waals surface area contributed by atoms with Crippen LogP contribution in [0.4, 0.5) is 19.0 Å². The minimum atomic E-state index is -3.04. The van der Waals surface area contributed by atoms with Crippen LogP contribution in [0.15, 0.2) is 24.3 Å². The maximum Gasteiger partial charge on any atom is 0.388 e. The van der Waals surface area contributed by atoms with Crippen molar-refractivity contribution >= 4 is 22.6 Å². The van der Waals surface area contributed by atoms with Gasteiger partial charge in [0.05, 0.1) is 55.3 Å². The summed E-state index contributed by atoms with van der Waals surface area (Å²) in [7, 11) is 0. The van der Waals surface area contributed by atoms with Gasteiger partial charge in [-0.05, 0) is 24.6 Å². The smallest absolute Gasteiger partial charge is 0.388 e. The number of carbonyl (C=O) groups is 1. The number of hydrogen-bond acceptors (Lipinski definition) is 8. The van der Waals surface area contributed by atoms with Crippen LogP contribution in [0.3, 0.4) is 0 Å². The molecule has 2 N–H and O–H groups in total. The van der Waals surface area contributed by atoms with Crippen LogP contribution < -0.4 is 10.5 Å². The highest BCUT2D eigenvalue weighted by atomic mass is 19.3. The second-order valence-electron chi connectivity index (χ2n) is 8.09. The quantitative estimate of drug-likeness (QED) is 0.613. The lowest BCUT2D eigenvalue weighted by atomic mass is 10.00. The van der Waals surface area contributed by atoms with Crippen LogP contribution in [0, 0.1) is 5.82 Å². The Balaban J connectivity index is 1.53. The van der Waals surface area contributed by atoms with Crippen LogP contribution in [0.1, 0.15) is 40.1 Å². The largest absolute Gasteiger partial charge is 0.415 e. The van der Waals surface area contributed by atoms with Crippen LogP contribution in [0.25, 0.3) is 10.9 Å². The molecule has 2 atom stereocenters. The molecule has 0 saturated carbocycles. The van der Waals surface area contributed by atoms with E-state index in [1.165, 1.54) is 29.2 Å². The van der Waals surface area contributed by atoms with Crippen molar-refractivity contribution in [1.82, 2.24) is 20.1 Å². The topological polar surface area (TPSA) is 113 Å². The van der Waals surface area contributed by atoms with Crippen molar-refractivity contribution in [3.63, 3.8) is 0 Å². The molecule has 4 heterocycles. The van der Waals surface area contributed by atoms with Crippen LogP contribution in [-0.4, -0.2) is 51.9 Å². The number of alkyl halides is 2. The number of fused-ring (bicyclic) bond motifs is 3. The summed E-state index contributed by atoms with van der Waals surface area (Å²) in [6.45, 7) is -0.370. The zero-order valence-corrected chi connectivity index (χ0v) is 18.0. The van der Waals surface area contributed by atoms with E-state index in [0.717, 1.165) is 11.1 Å². The van der Waals surface area contributed by atoms with E-state index in [1.54, 1.807) is 6.92 Å². The summed E-state index contributed by atoms with van der Waals surface area (Å²) in [4.78, 5) is 19.3. The molecule has 1 aromatic carbocycles. The Morgan fingerprint density at radius 3 is 2.71 bits per heavy atom. The Kier molecular flexibility index (Phi) is 5.70. The molecule has 9 nitrogen and oxygen atoms in total. The zero-order valence-electron chi connectivity index (χ0n) is 18.0. The van der Waals surface area contributed by atoms with Gasteiger partial charge in [-0.3, -0.25) is 4.79 Å². The monoisotopic (exact) mass is 475 g/mol. The normalized spacial score (nSPS) is 20.1. The Morgan fingerprint density at radius 2 is 1.97 bits per heavy atom. The average Bonchev–Trinajstić information content (AvgIpc) is 3.29. The highest BCUT2D eigenvalue weighted by Crippen LogP contribution is 2.34. The molecule has 0 spiro atoms. The molecule has 5 rings (SSSR count). The number of benzene rings is 1. The molecule has 3 aromatic rings. The van der Waals surface area contributed by atoms with E-state index in [2.05, 4.69) is 19.9 Å². The van der Waals surface area contributed by atoms with Crippen molar-refractivity contribution in [3.8, 4) is 5.88 Å². The second-order valence-corrected chi connectivity index (χ2v) is 8.09. The number of amides is 1. The van der Waals surface area contributed by atoms with Gasteiger partial charge in [0, 0.05) is 23.1 Å². The summed E-state index contributed by atoms with van der Waals surface area (Å²) in [6.07, 6.45) is 0. The first-order chi connectivity index (χ1) is 16.3. The molecule has 1 amide bonds. The zero-order chi connectivity index (χ0) is 24.0. The molecule has 34 heavy (non-hydrogen) atoms. The van der Waals surface area contributed by atoms with Gasteiger partial charge in [-0.15, -0.1) is 10.2 Å². The molecule has 0 unspecified atom stereocenters. The van der Waals surface area contributed by atoms with E-state index >= 15 is 4.39 Å². The Hall–Kier alpha value is -3.51. The van der Waals surface area contributed by atoms with Gasteiger partial charge >= 0.3 is 6.61 Å². The summed E-state index contributed by atoms with van der Waals surface area (Å²) in [5.41, 5.74) is 7.98. The van der Waals surface area contributed by atoms with Gasteiger partial charge in [0.1, 0.15) is 11.6 Å². The molecule has 2 aliphatic heterocycles. The fourth-order valence-corrected chi connectivity index (χ4v) is 4.35. The molecule has 1 saturated heterocycles. The Labute approximate surface area is 191 Å². The number of nitrogens with two attached hydrogens (primary N) is 1. The van der Waals surface area contributed by atoms with E-state index in [4.69, 9.17) is 15.2 Å². The lowest BCUT2D eigenvalue weighted by Crippen LogP contribution is -2.49. The number of morpholine rings is 1. The lowest BCUT2D eigenvalue weighted by Gasteiger charge is -2.40. The number of halogens is 3. The summed E-state index contributed by atoms with van der Waals surface area (Å²) >= 11 is 0. The first kappa shape index (κ1) is 22.3. The minimum absolute atomic E-state index is 0.0797. The Bertz CT molecular complexity index is 1260. The first-order valence-electron chi connectivity index (χ1n) is 10.5. The van der Waals surface area contributed by atoms with E-state index in [0.29, 0.717) is 23.2 Å². The van der Waals surface area contributed by atoms with Gasteiger partial charge in [-0.25, -0.2) is 9.37 Å². The van der Waals surface area contributed by atoms with E-state index in [-0.39, 0.29) is 37.1 Å². The van der Waals surface area contributed by atoms with Gasteiger partial charge in [0.15, 0.2) is 0 Å². The van der Waals surface area contributed by atoms with Crippen molar-refractivity contribution in [2.24, 2.45) is 0 Å². The maximum atomic E-state index is 15.1. The standard InChI is InChI=1S/C22H20F3N5O4/c1-10-6-32-9-18(16-2-3-19(29-28-16)34-22(24)25)30(10)21(31)12-4-11-13-7-33-8-14(13)20(26)27-17(11)5-15(12)23/h2-5,10,18,22H,6-9H2,1H3,(H2,26,27)/t10-,18-/m0/s1. The fraction of sp³-hybridized carbons (Fsp3) is 0.364. The van der Waals surface area contributed by atoms with Crippen molar-refractivity contribution in [1.29, 1.82) is 0 Å². The summed E-state index contributed by atoms with van der Waals surface area (Å²) in [5.74, 6) is -1.39. The van der Waals surface area contributed by atoms with Crippen molar-refractivity contribution < 1.29 is 32.2 Å². The molecule has 2 aromatic heterocycles. The Morgan fingerprint density at radius 1 is 1.18 bits per heavy atom. The number of hydrogen-bond donors (Lipinski definition) is 1. The molecule has 178 valence electrons. The molecule has 0 bridgehead atoms. The van der Waals surface area contributed by atoms with Crippen molar-refractivity contribution in [3.05, 3.63) is 52.5 Å². The van der Waals surface area contributed by atoms with E-state index in [1.807, 2.05) is 0 Å². The number of carbonyl (C=O) groups excluding carboxylic acids is 1. The van der Waals surface area contributed by atoms with Crippen LogP contribution in [0.2, 0.25) is 0 Å². The highest BCUT2D eigenvalue weighted by Gasteiger charge is 2.36. The molecule has 1 fully saturated rings. The van der Waals surface area contributed by atoms with Gasteiger partial charge in [0.25, 0.3) is 5.91 Å². The lowest BCUT2D eigenvalue weighted by molar-refractivity contribution is -0.0538. The van der Waals surface area contributed by atoms with E-state index in [9.17, 15) is 13.6 Å². The van der Waals surface area contributed by atoms with Gasteiger partial charge in [-0.1, -0.05) is 0 Å². The molecular weight excluding hydrogens is 455 g/mol. The fourth-order valence-electron chi connectivity index (χ4n) is 4.35. The number of nitrogens with zero attached hydrogens (tertiary/aromatic N) is 4. The maximum absolute atomic E-state index is 15.1. The molecule has 0 radical (unpaired) electrons. The SMILES string of the molecule is C[C@H]1COC[C@@H](c2ccc(OC(F)F)nn2)N1C(=O)c1cc2c3c(c(N)nc2cc1F)COC3. The number of ether oxygens (including phenoxy) is 3. The molecular formula is C22H20F3N5O4. The number of aromatic nitrogens is 3. The number of pyridine rings is 1. The number of anilines is 1. The first-order valence-corrected chi connectivity index (χ1v) is 10.5. The molecule has 12 heteroatoms. The van der Waals surface area contributed by atoms with Gasteiger partial charge < -0.3 is 24.8 Å². The average molecular weight is 475 g/mol. The van der Waals surface area contributed by atoms with Crippen LogP contribution >= 0.6 is 0 Å². The van der Waals surface area contributed by atoms with Crippen LogP contribution in [0.5, 0.6) is 5.88 Å². The molecule has 2 aliphatic rings. The van der Waals surface area contributed by atoms with Gasteiger partial charge in [0.2, 0.25) is 5.88 Å². The van der Waals surface area contributed by atoms with Crippen LogP contribution in [-0.2, 0) is 22.7 Å². The third-order valence-corrected chi connectivity index (χ3v) is 5.94. The van der Waals surface area contributed by atoms with Crippen molar-refractivity contribution in [2.75, 3.05) is 18.9 Å². The predicted molar refractivity (Wildman–Crippen MR) is 112 cm³/mol. The highest BCUT2D eigenvalue weighted by molar-refractivity contribution is 6.00. The second kappa shape index (κ2) is 8.69. The summed E-state index contributed by atoms with van der Waals surface area (Å²) in [6, 6.07) is 4.18. The van der Waals surface area contributed by atoms with Gasteiger partial charge in [-0.2, -0.15) is 8.78 Å². The van der Waals surface area contributed by atoms with Crippen molar-refractivity contribution in [2.45, 2.75) is 38.8 Å².